The van der Waals surface area contributed by atoms with Gasteiger partial charge in [-0.05, 0) is 106 Å². The molecular weight excluding hydrogens is 663 g/mol. The number of Topliss-reactive ketones (excluding diaryl/α,β-unsaturated/α-hetero) is 1. The molecule has 4 rings (SSSR count). The first-order valence-corrected chi connectivity index (χ1v) is 19.7. The van der Waals surface area contributed by atoms with Crippen molar-refractivity contribution in [2.24, 2.45) is 23.2 Å². The Bertz CT molecular complexity index is 1290. The van der Waals surface area contributed by atoms with Gasteiger partial charge in [0.15, 0.2) is 0 Å². The van der Waals surface area contributed by atoms with Gasteiger partial charge < -0.3 is 15.0 Å². The number of ketones is 1. The number of hydrogen-bond acceptors (Lipinski definition) is 5. The molecule has 0 spiro atoms. The molecule has 0 radical (unpaired) electrons. The number of unbranched alkanes of at least 4 members (excludes halogenated alkanes) is 6. The first-order chi connectivity index (χ1) is 23.1. The number of rotatable bonds is 18. The third kappa shape index (κ3) is 10.5. The van der Waals surface area contributed by atoms with Gasteiger partial charge in [-0.15, -0.1) is 0 Å². The van der Waals surface area contributed by atoms with Crippen molar-refractivity contribution in [2.75, 3.05) is 38.7 Å². The highest BCUT2D eigenvalue weighted by Gasteiger charge is 2.57. The summed E-state index contributed by atoms with van der Waals surface area (Å²) in [5.41, 5.74) is 2.38. The molecule has 1 unspecified atom stereocenters. The zero-order valence-corrected chi connectivity index (χ0v) is 30.2. The average Bonchev–Trinajstić information content (AvgIpc) is 3.32. The summed E-state index contributed by atoms with van der Waals surface area (Å²) in [6, 6.07) is 6.10. The number of ether oxygens (including phenoxy) is 1. The lowest BCUT2D eigenvalue weighted by Crippen LogP contribution is -2.46. The number of halogens is 5. The Kier molecular flexibility index (Phi) is 14.1. The zero-order chi connectivity index (χ0) is 35.8. The van der Waals surface area contributed by atoms with E-state index in [1.807, 2.05) is 31.1 Å². The summed E-state index contributed by atoms with van der Waals surface area (Å²) >= 11 is 0. The molecule has 2 fully saturated rings. The molecule has 6 nitrogen and oxygen atoms in total. The number of fused-ring (bicyclic) bond motifs is 5. The van der Waals surface area contributed by atoms with E-state index in [1.165, 1.54) is 11.1 Å². The summed E-state index contributed by atoms with van der Waals surface area (Å²) in [5, 5.41) is 2.80. The highest BCUT2D eigenvalue weighted by atomic mass is 32.2. The van der Waals surface area contributed by atoms with E-state index in [0.29, 0.717) is 60.3 Å². The van der Waals surface area contributed by atoms with Crippen LogP contribution in [0.25, 0.3) is 0 Å². The van der Waals surface area contributed by atoms with Crippen LogP contribution in [0.3, 0.4) is 0 Å². The minimum atomic E-state index is -5.56. The molecule has 1 amide bonds. The average molecular weight is 719 g/mol. The Morgan fingerprint density at radius 2 is 1.67 bits per heavy atom. The van der Waals surface area contributed by atoms with Crippen LogP contribution in [0.1, 0.15) is 114 Å². The molecule has 3 aliphatic carbocycles. The lowest BCUT2D eigenvalue weighted by Gasteiger charge is -2.51. The van der Waals surface area contributed by atoms with Gasteiger partial charge in [0.05, 0.1) is 0 Å². The summed E-state index contributed by atoms with van der Waals surface area (Å²) < 4.78 is 80.6. The Morgan fingerprint density at radius 1 is 1.00 bits per heavy atom. The largest absolute Gasteiger partial charge is 0.453 e. The predicted octanol–water partition coefficient (Wildman–Crippen LogP) is 8.84. The highest BCUT2D eigenvalue weighted by molar-refractivity contribution is 7.84. The second kappa shape index (κ2) is 17.4. The summed E-state index contributed by atoms with van der Waals surface area (Å²) in [7, 11) is 2.51. The van der Waals surface area contributed by atoms with Gasteiger partial charge in [0.25, 0.3) is 0 Å². The van der Waals surface area contributed by atoms with Crippen molar-refractivity contribution in [1.29, 1.82) is 0 Å². The third-order valence-electron chi connectivity index (χ3n) is 11.3. The van der Waals surface area contributed by atoms with E-state index in [0.717, 1.165) is 77.2 Å². The fourth-order valence-electron chi connectivity index (χ4n) is 8.66. The second-order valence-corrected chi connectivity index (χ2v) is 16.8. The fourth-order valence-corrected chi connectivity index (χ4v) is 9.86. The number of nitrogens with one attached hydrogen (secondary N) is 1. The van der Waals surface area contributed by atoms with Crippen molar-refractivity contribution in [2.45, 2.75) is 121 Å². The molecule has 1 aromatic rings. The van der Waals surface area contributed by atoms with Crippen molar-refractivity contribution in [3.05, 3.63) is 29.3 Å². The first kappa shape index (κ1) is 39.7. The van der Waals surface area contributed by atoms with Crippen molar-refractivity contribution in [3.63, 3.8) is 0 Å². The Morgan fingerprint density at radius 3 is 2.37 bits per heavy atom. The molecule has 0 aliphatic heterocycles. The van der Waals surface area contributed by atoms with Crippen molar-refractivity contribution >= 4 is 22.7 Å². The molecule has 278 valence electrons. The number of hydrogen-bond donors (Lipinski definition) is 1. The Balaban J connectivity index is 1.23. The van der Waals surface area contributed by atoms with Crippen molar-refractivity contribution in [3.8, 4) is 5.75 Å². The molecule has 1 aromatic carbocycles. The van der Waals surface area contributed by atoms with Crippen LogP contribution in [-0.2, 0) is 22.0 Å². The smallest absolute Gasteiger partial charge is 0.410 e. The van der Waals surface area contributed by atoms with Gasteiger partial charge in [-0.25, -0.2) is 4.79 Å². The molecular formula is C37H55F5N2O4S. The monoisotopic (exact) mass is 718 g/mol. The van der Waals surface area contributed by atoms with Crippen LogP contribution in [0, 0.1) is 23.2 Å². The van der Waals surface area contributed by atoms with Crippen LogP contribution >= 0.6 is 0 Å². The van der Waals surface area contributed by atoms with E-state index < -0.39 is 41.8 Å². The van der Waals surface area contributed by atoms with Crippen LogP contribution in [0.4, 0.5) is 26.7 Å². The van der Waals surface area contributed by atoms with Crippen molar-refractivity contribution in [1.82, 2.24) is 10.2 Å². The number of alkyl halides is 5. The van der Waals surface area contributed by atoms with Crippen LogP contribution in [0.5, 0.6) is 5.75 Å². The molecule has 49 heavy (non-hydrogen) atoms. The maximum Gasteiger partial charge on any atom is 0.453 e. The zero-order valence-electron chi connectivity index (χ0n) is 29.4. The quantitative estimate of drug-likeness (QED) is 0.121. The van der Waals surface area contributed by atoms with Gasteiger partial charge in [-0.1, -0.05) is 51.5 Å². The Labute approximate surface area is 291 Å². The van der Waals surface area contributed by atoms with Gasteiger partial charge in [0.2, 0.25) is 0 Å². The molecule has 0 bridgehead atoms. The highest BCUT2D eigenvalue weighted by Crippen LogP contribution is 2.61. The molecule has 1 N–H and O–H groups in total. The molecule has 0 aromatic heterocycles. The second-order valence-electron chi connectivity index (χ2n) is 15.1. The number of carbonyl (C=O) groups excluding carboxylic acids is 2. The lowest BCUT2D eigenvalue weighted by atomic mass is 9.52. The van der Waals surface area contributed by atoms with Gasteiger partial charge in [0, 0.05) is 53.7 Å². The third-order valence-corrected chi connectivity index (χ3v) is 12.8. The van der Waals surface area contributed by atoms with E-state index in [4.69, 9.17) is 4.74 Å². The number of nitrogens with zero attached hydrogens (tertiary/aromatic N) is 1. The van der Waals surface area contributed by atoms with Crippen LogP contribution < -0.4 is 10.1 Å². The summed E-state index contributed by atoms with van der Waals surface area (Å²) in [5.74, 6) is -1.79. The maximum atomic E-state index is 13.0. The van der Waals surface area contributed by atoms with Gasteiger partial charge in [-0.2, -0.15) is 22.0 Å². The van der Waals surface area contributed by atoms with Crippen LogP contribution in [0.2, 0.25) is 0 Å². The molecule has 0 heterocycles. The van der Waals surface area contributed by atoms with E-state index in [9.17, 15) is 35.8 Å². The molecule has 2 saturated carbocycles. The normalized spacial score (nSPS) is 25.9. The predicted molar refractivity (Wildman–Crippen MR) is 183 cm³/mol. The SMILES string of the molecule is CN(C)CCNC(=O)Oc1ccc2c(c1)C[C@@H](CCCCCCCCCS(=O)CCCC(F)(F)C(F)(F)F)[C@@H]1[C@@H]2CC[C@]2(C)C(=O)CC[C@@H]12. The molecule has 0 saturated heterocycles. The van der Waals surface area contributed by atoms with Crippen LogP contribution in [-0.4, -0.2) is 71.8 Å². The topological polar surface area (TPSA) is 75.7 Å². The van der Waals surface area contributed by atoms with Gasteiger partial charge in [-0.3, -0.25) is 9.00 Å². The summed E-state index contributed by atoms with van der Waals surface area (Å²) in [4.78, 5) is 27.4. The maximum absolute atomic E-state index is 13.0. The van der Waals surface area contributed by atoms with Gasteiger partial charge in [0.1, 0.15) is 11.5 Å². The van der Waals surface area contributed by atoms with Gasteiger partial charge >= 0.3 is 18.2 Å². The molecule has 6 atom stereocenters. The van der Waals surface area contributed by atoms with Crippen LogP contribution in [0.15, 0.2) is 18.2 Å². The van der Waals surface area contributed by atoms with E-state index in [-0.39, 0.29) is 11.2 Å². The Hall–Kier alpha value is -2.08. The number of amides is 1. The standard InChI is InChI=1S/C37H55F5N2O4S/c1-35-19-17-30-29-14-13-28(48-34(46)43-20-21-44(2)3)25-27(29)24-26(33(30)31(35)15-16-32(35)45)12-9-7-5-4-6-8-10-22-49(47)23-11-18-36(38,39)37(40,41)42/h13-14,25-26,30-31,33H,4-12,15-24H2,1-3H3,(H,43,46)/t26-,30-,31+,33-,35+,49?/m1/s1. The minimum Gasteiger partial charge on any atom is -0.410 e. The van der Waals surface area contributed by atoms with E-state index >= 15 is 0 Å². The molecule has 12 heteroatoms. The van der Waals surface area contributed by atoms with Crippen molar-refractivity contribution < 1.29 is 40.5 Å². The lowest BCUT2D eigenvalue weighted by molar-refractivity contribution is -0.284. The number of benzene rings is 1. The number of likely N-dealkylation sites (N-methyl/N-ethyl adjacent to an activating group) is 1. The fraction of sp³-hybridized carbons (Fsp3) is 0.784. The minimum absolute atomic E-state index is 0.131. The van der Waals surface area contributed by atoms with E-state index in [2.05, 4.69) is 18.3 Å². The number of carbonyl (C=O) groups is 2. The summed E-state index contributed by atoms with van der Waals surface area (Å²) in [6.45, 7) is 3.43. The first-order valence-electron chi connectivity index (χ1n) is 18.2. The van der Waals surface area contributed by atoms with E-state index in [1.54, 1.807) is 0 Å². The molecule has 3 aliphatic rings. The summed E-state index contributed by atoms with van der Waals surface area (Å²) in [6.07, 6.45) is 4.67.